The van der Waals surface area contributed by atoms with Crippen LogP contribution in [-0.4, -0.2) is 37.8 Å². The van der Waals surface area contributed by atoms with Crippen molar-refractivity contribution in [2.45, 2.75) is 5.92 Å². The first-order chi connectivity index (χ1) is 15.9. The quantitative estimate of drug-likeness (QED) is 0.455. The zero-order valence-corrected chi connectivity index (χ0v) is 19.3. The van der Waals surface area contributed by atoms with Gasteiger partial charge in [-0.1, -0.05) is 41.6 Å². The van der Waals surface area contributed by atoms with Crippen molar-refractivity contribution >= 4 is 46.8 Å². The molecule has 3 rings (SSSR count). The number of amides is 2. The number of anilines is 1. The number of benzene rings is 2. The Balaban J connectivity index is 1.89. The molecule has 10 heteroatoms. The van der Waals surface area contributed by atoms with Gasteiger partial charge in [0.25, 0.3) is 0 Å². The summed E-state index contributed by atoms with van der Waals surface area (Å²) in [5.41, 5.74) is 1.26. The third-order valence-corrected chi connectivity index (χ3v) is 6.17. The van der Waals surface area contributed by atoms with E-state index in [4.69, 9.17) is 21.1 Å². The summed E-state index contributed by atoms with van der Waals surface area (Å²) in [5.74, 6) is -3.33. The number of esters is 1. The minimum atomic E-state index is -1.25. The lowest BCUT2D eigenvalue weighted by Gasteiger charge is -2.31. The Labute approximate surface area is 199 Å². The molecule has 2 aromatic carbocycles. The number of halogens is 1. The van der Waals surface area contributed by atoms with Crippen molar-refractivity contribution < 1.29 is 23.9 Å². The van der Waals surface area contributed by atoms with E-state index in [0.29, 0.717) is 22.0 Å². The molecule has 170 valence electrons. The third kappa shape index (κ3) is 5.66. The van der Waals surface area contributed by atoms with Gasteiger partial charge in [-0.3, -0.25) is 14.4 Å². The first-order valence-electron chi connectivity index (χ1n) is 9.73. The molecular weight excluding hydrogens is 466 g/mol. The lowest BCUT2D eigenvalue weighted by molar-refractivity contribution is -0.150. The van der Waals surface area contributed by atoms with Gasteiger partial charge in [0.05, 0.1) is 36.6 Å². The maximum atomic E-state index is 12.8. The summed E-state index contributed by atoms with van der Waals surface area (Å²) < 4.78 is 9.98. The molecule has 8 nitrogen and oxygen atoms in total. The van der Waals surface area contributed by atoms with Gasteiger partial charge in [0.2, 0.25) is 11.8 Å². The number of nitrogens with one attached hydrogen (secondary N) is 2. The second-order valence-corrected chi connectivity index (χ2v) is 8.36. The highest BCUT2D eigenvalue weighted by atomic mass is 35.5. The van der Waals surface area contributed by atoms with E-state index in [1.807, 2.05) is 0 Å². The Kier molecular flexibility index (Phi) is 7.98. The Hall–Kier alpha value is -3.48. The molecule has 0 bridgehead atoms. The topological polar surface area (TPSA) is 118 Å². The van der Waals surface area contributed by atoms with Crippen LogP contribution in [0.2, 0.25) is 5.02 Å². The fraction of sp³-hybridized carbons (Fsp3) is 0.217. The van der Waals surface area contributed by atoms with E-state index in [1.165, 1.54) is 14.2 Å². The molecule has 0 saturated heterocycles. The summed E-state index contributed by atoms with van der Waals surface area (Å²) in [7, 11) is 2.70. The van der Waals surface area contributed by atoms with Crippen LogP contribution in [0.1, 0.15) is 11.5 Å². The van der Waals surface area contributed by atoms with Crippen LogP contribution in [-0.2, 0) is 19.1 Å². The Morgan fingerprint density at radius 1 is 1.21 bits per heavy atom. The van der Waals surface area contributed by atoms with Crippen LogP contribution in [0.3, 0.4) is 0 Å². The largest absolute Gasteiger partial charge is 0.497 e. The number of nitriles is 1. The molecule has 2 amide bonds. The van der Waals surface area contributed by atoms with Crippen LogP contribution in [0, 0.1) is 17.2 Å². The monoisotopic (exact) mass is 485 g/mol. The predicted octanol–water partition coefficient (Wildman–Crippen LogP) is 3.46. The number of rotatable bonds is 7. The summed E-state index contributed by atoms with van der Waals surface area (Å²) in [6, 6.07) is 15.5. The molecule has 0 unspecified atom stereocenters. The Bertz CT molecular complexity index is 1140. The van der Waals surface area contributed by atoms with E-state index < -0.39 is 23.7 Å². The Morgan fingerprint density at radius 3 is 2.55 bits per heavy atom. The van der Waals surface area contributed by atoms with Crippen molar-refractivity contribution in [1.29, 1.82) is 5.26 Å². The standard InChI is InChI=1S/C23H20ClN3O5S/c1-31-16-8-6-13(7-9-16)19-17(11-25)22(27-21(29)20(19)23(30)32-2)33-12-18(28)26-15-5-3-4-14(24)10-15/h3-10,19-20H,12H2,1-2H3,(H,26,28)(H,27,29)/t19-,20+/m0/s1. The van der Waals surface area contributed by atoms with Crippen molar-refractivity contribution in [2.75, 3.05) is 25.3 Å². The third-order valence-electron chi connectivity index (χ3n) is 4.91. The van der Waals surface area contributed by atoms with Crippen molar-refractivity contribution in [1.82, 2.24) is 5.32 Å². The summed E-state index contributed by atoms with van der Waals surface area (Å²) in [6.45, 7) is 0. The fourth-order valence-corrected chi connectivity index (χ4v) is 4.43. The number of hydrogen-bond donors (Lipinski definition) is 2. The minimum absolute atomic E-state index is 0.0778. The number of thioether (sulfide) groups is 1. The highest BCUT2D eigenvalue weighted by Crippen LogP contribution is 2.40. The summed E-state index contributed by atoms with van der Waals surface area (Å²) in [5, 5.41) is 15.9. The summed E-state index contributed by atoms with van der Waals surface area (Å²) in [6.07, 6.45) is 0. The van der Waals surface area contributed by atoms with E-state index in [1.54, 1.807) is 48.5 Å². The van der Waals surface area contributed by atoms with Crippen molar-refractivity contribution in [3.8, 4) is 11.8 Å². The molecule has 2 N–H and O–H groups in total. The second-order valence-electron chi connectivity index (χ2n) is 6.94. The smallest absolute Gasteiger partial charge is 0.319 e. The molecule has 0 radical (unpaired) electrons. The minimum Gasteiger partial charge on any atom is -0.497 e. The summed E-state index contributed by atoms with van der Waals surface area (Å²) >= 11 is 6.93. The number of ether oxygens (including phenoxy) is 2. The van der Waals surface area contributed by atoms with Gasteiger partial charge in [0, 0.05) is 16.6 Å². The summed E-state index contributed by atoms with van der Waals surface area (Å²) in [4.78, 5) is 37.7. The van der Waals surface area contributed by atoms with Crippen LogP contribution in [0.4, 0.5) is 5.69 Å². The van der Waals surface area contributed by atoms with Crippen LogP contribution in [0.25, 0.3) is 0 Å². The van der Waals surface area contributed by atoms with Gasteiger partial charge in [0.1, 0.15) is 11.7 Å². The van der Waals surface area contributed by atoms with Gasteiger partial charge < -0.3 is 20.1 Å². The van der Waals surface area contributed by atoms with E-state index in [2.05, 4.69) is 16.7 Å². The van der Waals surface area contributed by atoms with Crippen molar-refractivity contribution in [3.63, 3.8) is 0 Å². The molecule has 33 heavy (non-hydrogen) atoms. The average molecular weight is 486 g/mol. The number of nitrogens with zero attached hydrogens (tertiary/aromatic N) is 1. The molecule has 0 aromatic heterocycles. The first kappa shape index (κ1) is 24.2. The molecule has 1 aliphatic rings. The number of carbonyl (C=O) groups excluding carboxylic acids is 3. The number of allylic oxidation sites excluding steroid dienone is 1. The molecule has 0 saturated carbocycles. The van der Waals surface area contributed by atoms with Gasteiger partial charge in [-0.15, -0.1) is 0 Å². The number of carbonyl (C=O) groups is 3. The SMILES string of the molecule is COC(=O)[C@H]1C(=O)NC(SCC(=O)Nc2cccc(Cl)c2)=C(C#N)[C@@H]1c1ccc(OC)cc1. The lowest BCUT2D eigenvalue weighted by Crippen LogP contribution is -2.44. The van der Waals surface area contributed by atoms with E-state index in [9.17, 15) is 19.6 Å². The van der Waals surface area contributed by atoms with Crippen LogP contribution in [0.5, 0.6) is 5.75 Å². The van der Waals surface area contributed by atoms with Gasteiger partial charge >= 0.3 is 5.97 Å². The lowest BCUT2D eigenvalue weighted by atomic mass is 9.78. The molecule has 2 atom stereocenters. The van der Waals surface area contributed by atoms with E-state index >= 15 is 0 Å². The second kappa shape index (κ2) is 10.9. The molecule has 2 aromatic rings. The van der Waals surface area contributed by atoms with Crippen molar-refractivity contribution in [2.24, 2.45) is 5.92 Å². The molecular formula is C23H20ClN3O5S. The van der Waals surface area contributed by atoms with E-state index in [-0.39, 0.29) is 22.3 Å². The molecule has 1 heterocycles. The fourth-order valence-electron chi connectivity index (χ4n) is 3.39. The van der Waals surface area contributed by atoms with E-state index in [0.717, 1.165) is 11.8 Å². The maximum absolute atomic E-state index is 12.8. The van der Waals surface area contributed by atoms with Crippen LogP contribution in [0.15, 0.2) is 59.1 Å². The highest BCUT2D eigenvalue weighted by Gasteiger charge is 2.44. The Morgan fingerprint density at radius 2 is 1.94 bits per heavy atom. The molecule has 0 aliphatic carbocycles. The van der Waals surface area contributed by atoms with Gasteiger partial charge in [0.15, 0.2) is 0 Å². The van der Waals surface area contributed by atoms with Gasteiger partial charge in [-0.25, -0.2) is 0 Å². The zero-order valence-electron chi connectivity index (χ0n) is 17.8. The molecule has 1 aliphatic heterocycles. The average Bonchev–Trinajstić information content (AvgIpc) is 2.81. The highest BCUT2D eigenvalue weighted by molar-refractivity contribution is 8.03. The number of hydrogen-bond acceptors (Lipinski definition) is 7. The van der Waals surface area contributed by atoms with Gasteiger partial charge in [-0.2, -0.15) is 5.26 Å². The molecule has 0 spiro atoms. The first-order valence-corrected chi connectivity index (χ1v) is 11.1. The predicted molar refractivity (Wildman–Crippen MR) is 125 cm³/mol. The van der Waals surface area contributed by atoms with Crippen LogP contribution < -0.4 is 15.4 Å². The normalized spacial score (nSPS) is 17.6. The number of methoxy groups -OCH3 is 2. The van der Waals surface area contributed by atoms with Gasteiger partial charge in [-0.05, 0) is 35.9 Å². The molecule has 0 fully saturated rings. The van der Waals surface area contributed by atoms with Crippen molar-refractivity contribution in [3.05, 3.63) is 69.7 Å². The van der Waals surface area contributed by atoms with Crippen LogP contribution >= 0.6 is 23.4 Å². The maximum Gasteiger partial charge on any atom is 0.319 e. The zero-order chi connectivity index (χ0) is 24.0.